The number of hydrogen-bond acceptors (Lipinski definition) is 6. The lowest BCUT2D eigenvalue weighted by Gasteiger charge is -2.01. The van der Waals surface area contributed by atoms with Gasteiger partial charge in [-0.2, -0.15) is 10.1 Å². The molecule has 0 unspecified atom stereocenters. The van der Waals surface area contributed by atoms with Crippen molar-refractivity contribution in [3.63, 3.8) is 0 Å². The van der Waals surface area contributed by atoms with Crippen molar-refractivity contribution < 1.29 is 4.52 Å². The Morgan fingerprint density at radius 3 is 3.00 bits per heavy atom. The van der Waals surface area contributed by atoms with Crippen LogP contribution in [0.15, 0.2) is 44.5 Å². The lowest BCUT2D eigenvalue weighted by Crippen LogP contribution is -2.21. The van der Waals surface area contributed by atoms with Crippen LogP contribution < -0.4 is 5.56 Å². The zero-order chi connectivity index (χ0) is 17.6. The van der Waals surface area contributed by atoms with E-state index >= 15 is 0 Å². The van der Waals surface area contributed by atoms with E-state index in [0.29, 0.717) is 32.4 Å². The molecule has 10 heteroatoms. The summed E-state index contributed by atoms with van der Waals surface area (Å²) in [4.78, 5) is 21.2. The predicted octanol–water partition coefficient (Wildman–Crippen LogP) is 2.64. The predicted molar refractivity (Wildman–Crippen MR) is 94.3 cm³/mol. The van der Waals surface area contributed by atoms with Crippen molar-refractivity contribution in [3.8, 4) is 11.4 Å². The summed E-state index contributed by atoms with van der Waals surface area (Å²) in [7, 11) is 1.72. The van der Waals surface area contributed by atoms with Gasteiger partial charge in [0.1, 0.15) is 22.9 Å². The molecule has 0 bridgehead atoms. The van der Waals surface area contributed by atoms with Gasteiger partial charge in [0.05, 0.1) is 0 Å². The van der Waals surface area contributed by atoms with Crippen molar-refractivity contribution in [2.24, 2.45) is 7.05 Å². The zero-order valence-electron chi connectivity index (χ0n) is 12.8. The number of aryl methyl sites for hydroxylation is 1. The first kappa shape index (κ1) is 16.0. The smallest absolute Gasteiger partial charge is 0.266 e. The maximum absolute atomic E-state index is 12.6. The number of halogens is 2. The molecule has 0 N–H and O–H groups in total. The van der Waals surface area contributed by atoms with E-state index in [-0.39, 0.29) is 12.1 Å². The Morgan fingerprint density at radius 1 is 1.36 bits per heavy atom. The van der Waals surface area contributed by atoms with Crippen LogP contribution in [0.5, 0.6) is 0 Å². The second-order valence-corrected chi connectivity index (χ2v) is 6.50. The maximum Gasteiger partial charge on any atom is 0.266 e. The molecule has 0 aliphatic heterocycles. The third-order valence-electron chi connectivity index (χ3n) is 3.62. The number of aromatic nitrogens is 6. The van der Waals surface area contributed by atoms with Gasteiger partial charge in [0.2, 0.25) is 11.7 Å². The molecule has 0 saturated carbocycles. The molecule has 3 heterocycles. The minimum absolute atomic E-state index is 0.108. The van der Waals surface area contributed by atoms with Crippen molar-refractivity contribution in [2.45, 2.75) is 6.54 Å². The van der Waals surface area contributed by atoms with E-state index in [1.165, 1.54) is 15.6 Å². The number of hydrogen-bond donors (Lipinski definition) is 0. The van der Waals surface area contributed by atoms with E-state index in [1.807, 2.05) is 6.07 Å². The standard InChI is InChI=1S/C15H10BrClN6O2/c1-22-14-11(12(16)20-22)15(24)23(7-18-14)6-10-19-13(21-25-10)8-3-2-4-9(17)5-8/h2-5,7H,6H2,1H3. The molecule has 4 rings (SSSR count). The van der Waals surface area contributed by atoms with Crippen LogP contribution in [-0.2, 0) is 13.6 Å². The van der Waals surface area contributed by atoms with Crippen LogP contribution in [0.3, 0.4) is 0 Å². The summed E-state index contributed by atoms with van der Waals surface area (Å²) in [5, 5.41) is 9.06. The molecule has 4 aromatic rings. The highest BCUT2D eigenvalue weighted by Crippen LogP contribution is 2.20. The zero-order valence-corrected chi connectivity index (χ0v) is 15.2. The molecule has 0 aliphatic carbocycles. The summed E-state index contributed by atoms with van der Waals surface area (Å²) in [5.41, 5.74) is 0.990. The van der Waals surface area contributed by atoms with Crippen LogP contribution >= 0.6 is 27.5 Å². The number of fused-ring (bicyclic) bond motifs is 1. The Morgan fingerprint density at radius 2 is 2.20 bits per heavy atom. The van der Waals surface area contributed by atoms with Crippen molar-refractivity contribution in [1.29, 1.82) is 0 Å². The molecule has 3 aromatic heterocycles. The third kappa shape index (κ3) is 2.85. The Labute approximate surface area is 154 Å². The van der Waals surface area contributed by atoms with Gasteiger partial charge in [-0.3, -0.25) is 9.36 Å². The van der Waals surface area contributed by atoms with Gasteiger partial charge in [-0.1, -0.05) is 28.9 Å². The second kappa shape index (κ2) is 6.08. The topological polar surface area (TPSA) is 91.6 Å². The summed E-state index contributed by atoms with van der Waals surface area (Å²) >= 11 is 9.25. The summed E-state index contributed by atoms with van der Waals surface area (Å²) in [6.07, 6.45) is 1.43. The van der Waals surface area contributed by atoms with Crippen molar-refractivity contribution in [2.75, 3.05) is 0 Å². The molecule has 0 radical (unpaired) electrons. The fourth-order valence-corrected chi connectivity index (χ4v) is 3.23. The highest BCUT2D eigenvalue weighted by molar-refractivity contribution is 9.10. The van der Waals surface area contributed by atoms with Crippen LogP contribution in [0.4, 0.5) is 0 Å². The molecule has 0 fully saturated rings. The largest absolute Gasteiger partial charge is 0.337 e. The fraction of sp³-hybridized carbons (Fsp3) is 0.133. The first-order chi connectivity index (χ1) is 12.0. The molecule has 0 aliphatic rings. The van der Waals surface area contributed by atoms with Gasteiger partial charge >= 0.3 is 0 Å². The Hall–Kier alpha value is -2.52. The highest BCUT2D eigenvalue weighted by atomic mass is 79.9. The van der Waals surface area contributed by atoms with Crippen molar-refractivity contribution in [1.82, 2.24) is 29.5 Å². The van der Waals surface area contributed by atoms with E-state index in [1.54, 1.807) is 25.2 Å². The van der Waals surface area contributed by atoms with Gasteiger partial charge in [0.15, 0.2) is 5.65 Å². The lowest BCUT2D eigenvalue weighted by molar-refractivity contribution is 0.369. The molecule has 1 aromatic carbocycles. The number of nitrogens with zero attached hydrogens (tertiary/aromatic N) is 6. The average Bonchev–Trinajstić information content (AvgIpc) is 3.15. The van der Waals surface area contributed by atoms with E-state index in [9.17, 15) is 4.79 Å². The van der Waals surface area contributed by atoms with E-state index in [2.05, 4.69) is 36.2 Å². The molecular formula is C15H10BrClN6O2. The van der Waals surface area contributed by atoms with Gasteiger partial charge in [-0.15, -0.1) is 0 Å². The monoisotopic (exact) mass is 420 g/mol. The lowest BCUT2D eigenvalue weighted by atomic mass is 10.2. The highest BCUT2D eigenvalue weighted by Gasteiger charge is 2.16. The van der Waals surface area contributed by atoms with E-state index in [4.69, 9.17) is 16.1 Å². The number of rotatable bonds is 3. The van der Waals surface area contributed by atoms with Crippen LogP contribution in [0.1, 0.15) is 5.89 Å². The van der Waals surface area contributed by atoms with Gasteiger partial charge < -0.3 is 4.52 Å². The number of benzene rings is 1. The molecule has 0 saturated heterocycles. The first-order valence-corrected chi connectivity index (χ1v) is 8.36. The Bertz CT molecular complexity index is 1150. The van der Waals surface area contributed by atoms with E-state index < -0.39 is 0 Å². The van der Waals surface area contributed by atoms with Crippen LogP contribution in [0.25, 0.3) is 22.4 Å². The molecule has 8 nitrogen and oxygen atoms in total. The van der Waals surface area contributed by atoms with Crippen LogP contribution in [0.2, 0.25) is 5.02 Å². The average molecular weight is 422 g/mol. The van der Waals surface area contributed by atoms with Gasteiger partial charge in [-0.25, -0.2) is 9.67 Å². The van der Waals surface area contributed by atoms with Crippen molar-refractivity contribution >= 4 is 38.6 Å². The van der Waals surface area contributed by atoms with Crippen LogP contribution in [0, 0.1) is 0 Å². The van der Waals surface area contributed by atoms with Crippen LogP contribution in [-0.4, -0.2) is 29.5 Å². The summed E-state index contributed by atoms with van der Waals surface area (Å²) in [5.74, 6) is 0.695. The maximum atomic E-state index is 12.6. The minimum atomic E-state index is -0.243. The summed E-state index contributed by atoms with van der Waals surface area (Å²) in [6.45, 7) is 0.108. The Kier molecular flexibility index (Phi) is 3.89. The van der Waals surface area contributed by atoms with Crippen molar-refractivity contribution in [3.05, 3.63) is 56.5 Å². The fourth-order valence-electron chi connectivity index (χ4n) is 2.46. The molecule has 0 spiro atoms. The summed E-state index contributed by atoms with van der Waals surface area (Å²) < 4.78 is 8.62. The minimum Gasteiger partial charge on any atom is -0.337 e. The SMILES string of the molecule is Cn1nc(Br)c2c(=O)n(Cc3nc(-c4cccc(Cl)c4)no3)cnc21. The quantitative estimate of drug-likeness (QED) is 0.505. The Balaban J connectivity index is 1.69. The van der Waals surface area contributed by atoms with E-state index in [0.717, 1.165) is 5.56 Å². The molecule has 0 amide bonds. The molecule has 25 heavy (non-hydrogen) atoms. The first-order valence-electron chi connectivity index (χ1n) is 7.19. The second-order valence-electron chi connectivity index (χ2n) is 5.31. The van der Waals surface area contributed by atoms with Gasteiger partial charge in [0.25, 0.3) is 5.56 Å². The summed E-state index contributed by atoms with van der Waals surface area (Å²) in [6, 6.07) is 7.13. The third-order valence-corrected chi connectivity index (χ3v) is 4.42. The van der Waals surface area contributed by atoms with Gasteiger partial charge in [0, 0.05) is 17.6 Å². The van der Waals surface area contributed by atoms with Gasteiger partial charge in [-0.05, 0) is 28.1 Å². The molecule has 126 valence electrons. The molecular weight excluding hydrogens is 412 g/mol. The normalized spacial score (nSPS) is 11.3. The molecule has 0 atom stereocenters.